The number of carbonyl (C=O) groups is 2. The third kappa shape index (κ3) is 4.75. The van der Waals surface area contributed by atoms with Crippen LogP contribution in [0.2, 0.25) is 5.15 Å². The van der Waals surface area contributed by atoms with Gasteiger partial charge in [0.15, 0.2) is 5.78 Å². The van der Waals surface area contributed by atoms with Gasteiger partial charge >= 0.3 is 5.97 Å². The van der Waals surface area contributed by atoms with Crippen LogP contribution in [0.25, 0.3) is 6.08 Å². The number of hydrogen-bond donors (Lipinski definition) is 0. The lowest BCUT2D eigenvalue weighted by atomic mass is 10.1. The topological polar surface area (TPSA) is 65.5 Å². The van der Waals surface area contributed by atoms with Gasteiger partial charge in [-0.25, -0.2) is 9.78 Å². The Morgan fingerprint density at radius 2 is 2.10 bits per heavy atom. The number of nitrogens with zero attached hydrogens (tertiary/aromatic N) is 1. The molecule has 1 aromatic rings. The minimum atomic E-state index is -0.702. The third-order valence-electron chi connectivity index (χ3n) is 2.42. The number of carbonyl (C=O) groups excluding carboxylic acids is 2. The summed E-state index contributed by atoms with van der Waals surface area (Å²) in [7, 11) is 1.49. The van der Waals surface area contributed by atoms with E-state index in [0.717, 1.165) is 5.56 Å². The Labute approximate surface area is 122 Å². The van der Waals surface area contributed by atoms with Gasteiger partial charge in [0, 0.05) is 18.9 Å². The molecule has 0 N–H and O–H groups in total. The number of aryl methyl sites for hydroxylation is 1. The molecule has 0 fully saturated rings. The molecule has 0 aliphatic heterocycles. The van der Waals surface area contributed by atoms with Crippen LogP contribution in [-0.4, -0.2) is 37.1 Å². The number of methoxy groups -OCH3 is 1. The highest BCUT2D eigenvalue weighted by Crippen LogP contribution is 2.18. The predicted octanol–water partition coefficient (Wildman–Crippen LogP) is 2.21. The average molecular weight is 298 g/mol. The molecule has 108 valence electrons. The van der Waals surface area contributed by atoms with Gasteiger partial charge in [-0.3, -0.25) is 4.79 Å². The van der Waals surface area contributed by atoms with Crippen molar-refractivity contribution in [2.75, 3.05) is 20.3 Å². The summed E-state index contributed by atoms with van der Waals surface area (Å²) >= 11 is 5.94. The van der Waals surface area contributed by atoms with Gasteiger partial charge in [-0.05, 0) is 31.6 Å². The first-order valence-electron chi connectivity index (χ1n) is 5.96. The Hall–Kier alpha value is -1.72. The quantitative estimate of drug-likeness (QED) is 0.201. The number of ketones is 1. The monoisotopic (exact) mass is 297 g/mol. The number of hydrogen-bond acceptors (Lipinski definition) is 5. The Morgan fingerprint density at radius 1 is 1.40 bits per heavy atom. The van der Waals surface area contributed by atoms with E-state index in [1.807, 2.05) is 6.92 Å². The molecule has 0 saturated carbocycles. The molecule has 0 bridgehead atoms. The number of aromatic nitrogens is 1. The molecule has 5 nitrogen and oxygen atoms in total. The summed E-state index contributed by atoms with van der Waals surface area (Å²) in [4.78, 5) is 27.3. The molecule has 0 spiro atoms. The Bertz CT molecular complexity index is 540. The molecule has 20 heavy (non-hydrogen) atoms. The van der Waals surface area contributed by atoms with Crippen LogP contribution in [0.3, 0.4) is 0 Å². The van der Waals surface area contributed by atoms with E-state index in [9.17, 15) is 9.59 Å². The summed E-state index contributed by atoms with van der Waals surface area (Å²) in [5.74, 6) is -1.10. The van der Waals surface area contributed by atoms with Gasteiger partial charge in [-0.2, -0.15) is 0 Å². The van der Waals surface area contributed by atoms with Crippen LogP contribution in [0.5, 0.6) is 0 Å². The molecule has 1 heterocycles. The maximum absolute atomic E-state index is 11.8. The molecule has 0 amide bonds. The molecular weight excluding hydrogens is 282 g/mol. The molecule has 1 aromatic heterocycles. The predicted molar refractivity (Wildman–Crippen MR) is 75.5 cm³/mol. The standard InChI is InChI=1S/C14H16ClNO4/c1-9-6-11(13(15)16-8-9)7-12(10(2)17)14(18)20-5-4-19-3/h6-8H,4-5H2,1-3H3/b12-7+. The van der Waals surface area contributed by atoms with Crippen molar-refractivity contribution in [3.63, 3.8) is 0 Å². The molecule has 0 radical (unpaired) electrons. The molecule has 0 aliphatic carbocycles. The second-order valence-corrected chi connectivity index (χ2v) is 4.49. The second kappa shape index (κ2) is 7.77. The van der Waals surface area contributed by atoms with E-state index in [1.54, 1.807) is 12.3 Å². The number of esters is 1. The van der Waals surface area contributed by atoms with Crippen LogP contribution in [0, 0.1) is 6.92 Å². The highest BCUT2D eigenvalue weighted by molar-refractivity contribution is 6.31. The van der Waals surface area contributed by atoms with E-state index in [2.05, 4.69) is 4.98 Å². The number of halogens is 1. The van der Waals surface area contributed by atoms with E-state index in [-0.39, 0.29) is 23.9 Å². The maximum Gasteiger partial charge on any atom is 0.341 e. The number of Topliss-reactive ketones (excluding diaryl/α,β-unsaturated/α-hetero) is 1. The molecule has 1 rings (SSSR count). The third-order valence-corrected chi connectivity index (χ3v) is 2.74. The van der Waals surface area contributed by atoms with Crippen molar-refractivity contribution in [2.45, 2.75) is 13.8 Å². The Balaban J connectivity index is 3.01. The van der Waals surface area contributed by atoms with Crippen molar-refractivity contribution in [2.24, 2.45) is 0 Å². The van der Waals surface area contributed by atoms with Gasteiger partial charge in [-0.1, -0.05) is 11.6 Å². The molecule has 6 heteroatoms. The largest absolute Gasteiger partial charge is 0.460 e. The lowest BCUT2D eigenvalue weighted by Crippen LogP contribution is -2.16. The SMILES string of the molecule is COCCOC(=O)/C(=C/c1cc(C)cnc1Cl)C(C)=O. The molecule has 0 atom stereocenters. The highest BCUT2D eigenvalue weighted by atomic mass is 35.5. The van der Waals surface area contributed by atoms with Crippen LogP contribution in [0.15, 0.2) is 17.8 Å². The smallest absolute Gasteiger partial charge is 0.341 e. The summed E-state index contributed by atoms with van der Waals surface area (Å²) in [6, 6.07) is 1.74. The fourth-order valence-electron chi connectivity index (χ4n) is 1.43. The van der Waals surface area contributed by atoms with E-state index in [0.29, 0.717) is 5.56 Å². The van der Waals surface area contributed by atoms with Crippen LogP contribution in [0.4, 0.5) is 0 Å². The lowest BCUT2D eigenvalue weighted by Gasteiger charge is -2.06. The molecule has 0 saturated heterocycles. The Kier molecular flexibility index (Phi) is 6.35. The van der Waals surface area contributed by atoms with E-state index < -0.39 is 11.8 Å². The zero-order valence-corrected chi connectivity index (χ0v) is 12.4. The number of rotatable bonds is 6. The zero-order valence-electron chi connectivity index (χ0n) is 11.6. The van der Waals surface area contributed by atoms with Gasteiger partial charge in [0.2, 0.25) is 0 Å². The second-order valence-electron chi connectivity index (χ2n) is 4.14. The van der Waals surface area contributed by atoms with Gasteiger partial charge in [-0.15, -0.1) is 0 Å². The maximum atomic E-state index is 11.8. The van der Waals surface area contributed by atoms with E-state index in [1.165, 1.54) is 20.1 Å². The van der Waals surface area contributed by atoms with Crippen molar-refractivity contribution in [1.82, 2.24) is 4.98 Å². The first kappa shape index (κ1) is 16.3. The minimum absolute atomic E-state index is 0.0737. The van der Waals surface area contributed by atoms with Gasteiger partial charge in [0.1, 0.15) is 17.3 Å². The van der Waals surface area contributed by atoms with Crippen molar-refractivity contribution < 1.29 is 19.1 Å². The van der Waals surface area contributed by atoms with Crippen molar-refractivity contribution >= 4 is 29.4 Å². The zero-order chi connectivity index (χ0) is 15.1. The summed E-state index contributed by atoms with van der Waals surface area (Å²) < 4.78 is 9.70. The highest BCUT2D eigenvalue weighted by Gasteiger charge is 2.17. The lowest BCUT2D eigenvalue weighted by molar-refractivity contribution is -0.141. The summed E-state index contributed by atoms with van der Waals surface area (Å²) in [5, 5.41) is 0.221. The van der Waals surface area contributed by atoms with E-state index in [4.69, 9.17) is 21.1 Å². The molecular formula is C14H16ClNO4. The Morgan fingerprint density at radius 3 is 2.70 bits per heavy atom. The first-order valence-corrected chi connectivity index (χ1v) is 6.34. The normalized spacial score (nSPS) is 11.3. The van der Waals surface area contributed by atoms with Crippen molar-refractivity contribution in [3.05, 3.63) is 34.1 Å². The molecule has 0 unspecified atom stereocenters. The summed E-state index contributed by atoms with van der Waals surface area (Å²) in [6.07, 6.45) is 2.99. The van der Waals surface area contributed by atoms with Gasteiger partial charge < -0.3 is 9.47 Å². The average Bonchev–Trinajstić information content (AvgIpc) is 2.39. The van der Waals surface area contributed by atoms with Crippen LogP contribution >= 0.6 is 11.6 Å². The summed E-state index contributed by atoms with van der Waals surface area (Å²) in [6.45, 7) is 3.48. The van der Waals surface area contributed by atoms with Crippen molar-refractivity contribution in [1.29, 1.82) is 0 Å². The summed E-state index contributed by atoms with van der Waals surface area (Å²) in [5.41, 5.74) is 1.30. The molecule has 0 aromatic carbocycles. The number of ether oxygens (including phenoxy) is 2. The fourth-order valence-corrected chi connectivity index (χ4v) is 1.59. The van der Waals surface area contributed by atoms with E-state index >= 15 is 0 Å². The van der Waals surface area contributed by atoms with Crippen LogP contribution in [0.1, 0.15) is 18.1 Å². The van der Waals surface area contributed by atoms with Gasteiger partial charge in [0.25, 0.3) is 0 Å². The fraction of sp³-hybridized carbons (Fsp3) is 0.357. The van der Waals surface area contributed by atoms with Crippen molar-refractivity contribution in [3.8, 4) is 0 Å². The first-order chi connectivity index (χ1) is 9.45. The number of pyridine rings is 1. The van der Waals surface area contributed by atoms with Crippen LogP contribution in [-0.2, 0) is 19.1 Å². The molecule has 0 aliphatic rings. The minimum Gasteiger partial charge on any atom is -0.460 e. The van der Waals surface area contributed by atoms with Crippen LogP contribution < -0.4 is 0 Å². The van der Waals surface area contributed by atoms with Gasteiger partial charge in [0.05, 0.1) is 6.61 Å².